The Labute approximate surface area is 223 Å². The second-order valence-corrected chi connectivity index (χ2v) is 10.3. The minimum absolute atomic E-state index is 0.0631. The maximum Gasteiger partial charge on any atom is 0.407 e. The number of nitrogens with zero attached hydrogens (tertiary/aromatic N) is 3. The predicted octanol–water partition coefficient (Wildman–Crippen LogP) is 6.12. The van der Waals surface area contributed by atoms with Crippen LogP contribution in [0.25, 0.3) is 10.4 Å². The Hall–Kier alpha value is -2.19. The van der Waals surface area contributed by atoms with E-state index in [1.807, 2.05) is 20.8 Å². The molecule has 0 aliphatic heterocycles. The molecule has 212 valence electrons. The van der Waals surface area contributed by atoms with E-state index in [4.69, 9.17) is 24.5 Å². The predicted molar refractivity (Wildman–Crippen MR) is 144 cm³/mol. The van der Waals surface area contributed by atoms with Gasteiger partial charge in [0, 0.05) is 18.4 Å². The van der Waals surface area contributed by atoms with E-state index in [0.717, 1.165) is 44.9 Å². The highest BCUT2D eigenvalue weighted by Crippen LogP contribution is 2.33. The van der Waals surface area contributed by atoms with Crippen LogP contribution in [0, 0.1) is 0 Å². The monoisotopic (exact) mass is 543 g/mol. The Bertz CT molecular complexity index is 791. The van der Waals surface area contributed by atoms with Gasteiger partial charge in [0.15, 0.2) is 0 Å². The highest BCUT2D eigenvalue weighted by atomic mass is 31.1. The van der Waals surface area contributed by atoms with Crippen LogP contribution in [0.1, 0.15) is 99.8 Å². The summed E-state index contributed by atoms with van der Waals surface area (Å²) in [5.74, 6) is -0.156. The van der Waals surface area contributed by atoms with Crippen LogP contribution in [0.2, 0.25) is 0 Å². The molecule has 1 aliphatic carbocycles. The standard InChI is InChI=1S/C25H45N5O4.HO2P/c1-8-19(9-2)33-23-20(14-12-10-11-13-15-27-30-26)17(3)16-21(22(23)28-18(4)31)29-24(32)34-25(5,6)7;1-3-2/h19,21-23H,8-16H2,1-7H3,(H,28,31)(H,29,32);(H,1,2)/t21-,22+,23+;/m0./s1. The molecule has 2 amide bonds. The third-order valence-electron chi connectivity index (χ3n) is 6.02. The van der Waals surface area contributed by atoms with E-state index in [-0.39, 0.29) is 30.2 Å². The van der Waals surface area contributed by atoms with E-state index >= 15 is 0 Å². The number of amides is 2. The van der Waals surface area contributed by atoms with E-state index in [9.17, 15) is 9.59 Å². The average molecular weight is 544 g/mol. The molecule has 3 N–H and O–H groups in total. The van der Waals surface area contributed by atoms with E-state index in [1.54, 1.807) is 0 Å². The van der Waals surface area contributed by atoms with E-state index in [2.05, 4.69) is 41.4 Å². The van der Waals surface area contributed by atoms with Gasteiger partial charge < -0.3 is 25.0 Å². The molecule has 0 saturated heterocycles. The first-order valence-electron chi connectivity index (χ1n) is 13.0. The Morgan fingerprint density at radius 1 is 1.19 bits per heavy atom. The normalized spacial score (nSPS) is 19.5. The van der Waals surface area contributed by atoms with Gasteiger partial charge in [-0.3, -0.25) is 4.79 Å². The third-order valence-corrected chi connectivity index (χ3v) is 6.02. The van der Waals surface area contributed by atoms with Gasteiger partial charge in [0.05, 0.1) is 18.2 Å². The van der Waals surface area contributed by atoms with Gasteiger partial charge >= 0.3 is 14.8 Å². The molecule has 0 aromatic heterocycles. The molecule has 0 spiro atoms. The molecule has 0 bridgehead atoms. The average Bonchev–Trinajstić information content (AvgIpc) is 2.79. The summed E-state index contributed by atoms with van der Waals surface area (Å²) in [6.45, 7) is 13.8. The van der Waals surface area contributed by atoms with Gasteiger partial charge in [-0.15, -0.1) is 0 Å². The number of rotatable bonds is 13. The van der Waals surface area contributed by atoms with Crippen LogP contribution < -0.4 is 10.6 Å². The Balaban J connectivity index is 0.00000410. The summed E-state index contributed by atoms with van der Waals surface area (Å²) in [5, 5.41) is 9.64. The van der Waals surface area contributed by atoms with Crippen LogP contribution in [-0.4, -0.2) is 53.3 Å². The van der Waals surface area contributed by atoms with E-state index in [0.29, 0.717) is 13.0 Å². The van der Waals surface area contributed by atoms with Crippen LogP contribution in [0.5, 0.6) is 0 Å². The van der Waals surface area contributed by atoms with Crippen molar-refractivity contribution in [1.29, 1.82) is 0 Å². The molecule has 37 heavy (non-hydrogen) atoms. The maximum absolute atomic E-state index is 12.6. The van der Waals surface area contributed by atoms with Crippen LogP contribution in [0.15, 0.2) is 16.3 Å². The number of nitrogens with one attached hydrogen (secondary N) is 2. The lowest BCUT2D eigenvalue weighted by Crippen LogP contribution is -2.60. The number of carbonyl (C=O) groups excluding carboxylic acids is 2. The molecule has 1 aliphatic rings. The number of unbranched alkanes of at least 4 members (excludes halogenated alkanes) is 3. The maximum atomic E-state index is 12.6. The van der Waals surface area contributed by atoms with Crippen LogP contribution in [0.3, 0.4) is 0 Å². The zero-order valence-electron chi connectivity index (χ0n) is 23.5. The fourth-order valence-corrected chi connectivity index (χ4v) is 4.38. The van der Waals surface area contributed by atoms with Crippen molar-refractivity contribution < 1.29 is 28.5 Å². The van der Waals surface area contributed by atoms with Gasteiger partial charge in [-0.2, -0.15) is 0 Å². The zero-order chi connectivity index (χ0) is 28.4. The van der Waals surface area contributed by atoms with E-state index in [1.165, 1.54) is 18.1 Å². The summed E-state index contributed by atoms with van der Waals surface area (Å²) >= 11 is 0. The molecule has 3 atom stereocenters. The summed E-state index contributed by atoms with van der Waals surface area (Å²) in [6.07, 6.45) is 6.39. The van der Waals surface area contributed by atoms with E-state index < -0.39 is 20.4 Å². The molecule has 0 unspecified atom stereocenters. The fourth-order valence-electron chi connectivity index (χ4n) is 4.38. The second kappa shape index (κ2) is 19.0. The highest BCUT2D eigenvalue weighted by Gasteiger charge is 2.40. The molecule has 0 heterocycles. The first kappa shape index (κ1) is 34.8. The molecule has 1 rings (SSSR count). The fraction of sp³-hybridized carbons (Fsp3) is 0.840. The lowest BCUT2D eigenvalue weighted by atomic mass is 9.80. The van der Waals surface area contributed by atoms with Crippen LogP contribution >= 0.6 is 8.69 Å². The van der Waals surface area contributed by atoms with Gasteiger partial charge in [-0.05, 0) is 77.3 Å². The Morgan fingerprint density at radius 2 is 1.78 bits per heavy atom. The Morgan fingerprint density at radius 3 is 2.30 bits per heavy atom. The molecule has 0 aromatic carbocycles. The van der Waals surface area contributed by atoms with Crippen molar-refractivity contribution in [2.45, 2.75) is 130 Å². The number of hydrogen-bond acceptors (Lipinski definition) is 6. The smallest absolute Gasteiger partial charge is 0.407 e. The summed E-state index contributed by atoms with van der Waals surface area (Å²) < 4.78 is 20.5. The molecular formula is C25H46N5O6P. The van der Waals surface area contributed by atoms with Crippen molar-refractivity contribution in [2.24, 2.45) is 5.11 Å². The van der Waals surface area contributed by atoms with Crippen molar-refractivity contribution >= 4 is 20.7 Å². The summed E-state index contributed by atoms with van der Waals surface area (Å²) in [6, 6.07) is -0.708. The minimum Gasteiger partial charge on any atom is -0.444 e. The van der Waals surface area contributed by atoms with Gasteiger partial charge in [-0.25, -0.2) is 9.36 Å². The molecular weight excluding hydrogens is 497 g/mol. The number of alkyl carbamates (subject to hydrolysis) is 1. The first-order valence-corrected chi connectivity index (χ1v) is 13.8. The summed E-state index contributed by atoms with van der Waals surface area (Å²) in [4.78, 5) is 34.5. The SMILES string of the molecule is CCC(CC)O[C@@H]1C(CCCCCCN=[N+]=[N-])=C(C)C[C@H](NC(=O)OC(C)(C)C)[C@H]1NC(C)=O.O=PO. The first-order chi connectivity index (χ1) is 17.4. The minimum atomic E-state index is -0.833. The molecule has 0 saturated carbocycles. The van der Waals surface area contributed by atoms with Crippen LogP contribution in [0.4, 0.5) is 4.79 Å². The van der Waals surface area contributed by atoms with Gasteiger partial charge in [-0.1, -0.05) is 37.4 Å². The number of ether oxygens (including phenoxy) is 2. The molecule has 0 fully saturated rings. The van der Waals surface area contributed by atoms with Crippen molar-refractivity contribution in [3.63, 3.8) is 0 Å². The van der Waals surface area contributed by atoms with Gasteiger partial charge in [0.2, 0.25) is 5.91 Å². The van der Waals surface area contributed by atoms with Gasteiger partial charge in [0.25, 0.3) is 0 Å². The zero-order valence-corrected chi connectivity index (χ0v) is 24.3. The Kier molecular flexibility index (Phi) is 17.8. The highest BCUT2D eigenvalue weighted by molar-refractivity contribution is 7.16. The van der Waals surface area contributed by atoms with Crippen molar-refractivity contribution in [3.05, 3.63) is 21.6 Å². The third kappa shape index (κ3) is 15.0. The van der Waals surface area contributed by atoms with Crippen LogP contribution in [-0.2, 0) is 18.8 Å². The molecule has 0 radical (unpaired) electrons. The summed E-state index contributed by atoms with van der Waals surface area (Å²) in [5.41, 5.74) is 10.2. The van der Waals surface area contributed by atoms with Crippen molar-refractivity contribution in [1.82, 2.24) is 10.6 Å². The quantitative estimate of drug-likeness (QED) is 0.0632. The number of carbonyl (C=O) groups is 2. The summed E-state index contributed by atoms with van der Waals surface area (Å²) in [7, 11) is -0.833. The molecule has 12 heteroatoms. The largest absolute Gasteiger partial charge is 0.444 e. The molecule has 0 aromatic rings. The van der Waals surface area contributed by atoms with Crippen molar-refractivity contribution in [2.75, 3.05) is 6.54 Å². The lowest BCUT2D eigenvalue weighted by Gasteiger charge is -2.42. The number of hydrogen-bond donors (Lipinski definition) is 3. The van der Waals surface area contributed by atoms with Crippen molar-refractivity contribution in [3.8, 4) is 0 Å². The van der Waals surface area contributed by atoms with Gasteiger partial charge in [0.1, 0.15) is 11.7 Å². The number of azide groups is 1. The lowest BCUT2D eigenvalue weighted by molar-refractivity contribution is -0.122. The molecule has 11 nitrogen and oxygen atoms in total. The second-order valence-electron chi connectivity index (χ2n) is 10.2. The topological polar surface area (TPSA) is 163 Å².